The number of terminal acetylenes is 1. The van der Waals surface area contributed by atoms with E-state index < -0.39 is 22.0 Å². The Labute approximate surface area is 140 Å². The lowest BCUT2D eigenvalue weighted by Gasteiger charge is -2.19. The van der Waals surface area contributed by atoms with Crippen LogP contribution in [0, 0.1) is 18.3 Å². The number of benzene rings is 1. The van der Waals surface area contributed by atoms with Crippen LogP contribution in [0.15, 0.2) is 23.1 Å². The van der Waals surface area contributed by atoms with Gasteiger partial charge in [0.25, 0.3) is 0 Å². The molecule has 1 fully saturated rings. The zero-order valence-corrected chi connectivity index (χ0v) is 14.0. The van der Waals surface area contributed by atoms with Gasteiger partial charge in [0.1, 0.15) is 4.90 Å². The number of sulfonamides is 1. The summed E-state index contributed by atoms with van der Waals surface area (Å²) in [6.07, 6.45) is 6.11. The molecule has 0 amide bonds. The average molecular weight is 358 g/mol. The summed E-state index contributed by atoms with van der Waals surface area (Å²) in [7, 11) is -2.79. The van der Waals surface area contributed by atoms with Crippen molar-refractivity contribution in [2.75, 3.05) is 20.3 Å². The number of rotatable bonds is 5. The molecule has 0 radical (unpaired) electrons. The molecule has 1 aromatic carbocycles. The fourth-order valence-corrected chi connectivity index (χ4v) is 4.02. The van der Waals surface area contributed by atoms with Crippen molar-refractivity contribution in [2.24, 2.45) is 5.92 Å². The molecular formula is C15H16ClNO5S. The quantitative estimate of drug-likeness (QED) is 0.637. The predicted octanol–water partition coefficient (Wildman–Crippen LogP) is 1.44. The predicted molar refractivity (Wildman–Crippen MR) is 84.7 cm³/mol. The summed E-state index contributed by atoms with van der Waals surface area (Å²) in [5.74, 6) is 1.68. The molecule has 1 aliphatic rings. The molecule has 1 N–H and O–H groups in total. The van der Waals surface area contributed by atoms with Crippen molar-refractivity contribution in [1.29, 1.82) is 0 Å². The molecule has 23 heavy (non-hydrogen) atoms. The molecule has 2 rings (SSSR count). The van der Waals surface area contributed by atoms with Crippen LogP contribution in [0.1, 0.15) is 16.8 Å². The number of esters is 1. The van der Waals surface area contributed by atoms with Gasteiger partial charge < -0.3 is 9.47 Å². The minimum atomic E-state index is -3.99. The Morgan fingerprint density at radius 2 is 2.30 bits per heavy atom. The van der Waals surface area contributed by atoms with Crippen LogP contribution in [0.2, 0.25) is 5.02 Å². The molecular weight excluding hydrogens is 342 g/mol. The third kappa shape index (κ3) is 4.03. The van der Waals surface area contributed by atoms with Crippen LogP contribution in [0.5, 0.6) is 0 Å². The van der Waals surface area contributed by atoms with Crippen molar-refractivity contribution >= 4 is 27.6 Å². The Bertz CT molecular complexity index is 735. The second kappa shape index (κ2) is 7.32. The molecule has 2 unspecified atom stereocenters. The van der Waals surface area contributed by atoms with E-state index in [0.29, 0.717) is 19.6 Å². The summed E-state index contributed by atoms with van der Waals surface area (Å²) in [6.45, 7) is 0.941. The van der Waals surface area contributed by atoms with Crippen LogP contribution in [-0.4, -0.2) is 40.8 Å². The van der Waals surface area contributed by atoms with Crippen LogP contribution in [0.25, 0.3) is 0 Å². The first kappa shape index (κ1) is 17.8. The fourth-order valence-electron chi connectivity index (χ4n) is 2.27. The summed E-state index contributed by atoms with van der Waals surface area (Å²) in [6, 6.07) is 3.16. The number of nitrogens with one attached hydrogen (secondary N) is 1. The van der Waals surface area contributed by atoms with Gasteiger partial charge in [-0.3, -0.25) is 0 Å². The molecule has 0 aliphatic carbocycles. The van der Waals surface area contributed by atoms with Gasteiger partial charge in [0.05, 0.1) is 30.3 Å². The van der Waals surface area contributed by atoms with E-state index in [1.165, 1.54) is 19.2 Å². The highest BCUT2D eigenvalue weighted by Crippen LogP contribution is 2.25. The number of carbonyl (C=O) groups is 1. The third-order valence-corrected chi connectivity index (χ3v) is 5.46. The van der Waals surface area contributed by atoms with Gasteiger partial charge >= 0.3 is 5.97 Å². The van der Waals surface area contributed by atoms with E-state index in [9.17, 15) is 13.2 Å². The molecule has 0 aromatic heterocycles. The van der Waals surface area contributed by atoms with Crippen molar-refractivity contribution in [3.05, 3.63) is 28.8 Å². The Morgan fingerprint density at radius 3 is 2.87 bits per heavy atom. The van der Waals surface area contributed by atoms with Crippen LogP contribution in [0.4, 0.5) is 0 Å². The normalized spacial score (nSPS) is 19.1. The molecule has 8 heteroatoms. The first-order valence-electron chi connectivity index (χ1n) is 6.83. The van der Waals surface area contributed by atoms with Gasteiger partial charge in [-0.15, -0.1) is 6.42 Å². The van der Waals surface area contributed by atoms with Crippen molar-refractivity contribution in [3.63, 3.8) is 0 Å². The van der Waals surface area contributed by atoms with Gasteiger partial charge in [0.2, 0.25) is 10.0 Å². The summed E-state index contributed by atoms with van der Waals surface area (Å²) in [4.78, 5) is 11.3. The van der Waals surface area contributed by atoms with Gasteiger partial charge in [-0.1, -0.05) is 17.5 Å². The third-order valence-electron chi connectivity index (χ3n) is 3.54. The van der Waals surface area contributed by atoms with Crippen LogP contribution in [0.3, 0.4) is 0 Å². The summed E-state index contributed by atoms with van der Waals surface area (Å²) in [5, 5.41) is -0.0106. The standard InChI is InChI=1S/C15H16ClNO5S/c1-3-13(11-6-7-22-9-11)17-23(19,20)14-8-10(15(18)21-2)4-5-12(14)16/h1,4-5,8,11,13,17H,6-7,9H2,2H3. The van der Waals surface area contributed by atoms with E-state index in [4.69, 9.17) is 22.8 Å². The van der Waals surface area contributed by atoms with E-state index in [0.717, 1.165) is 6.07 Å². The SMILES string of the molecule is C#CC(NS(=O)(=O)c1cc(C(=O)OC)ccc1Cl)C1CCOC1. The van der Waals surface area contributed by atoms with E-state index in [2.05, 4.69) is 15.4 Å². The first-order chi connectivity index (χ1) is 10.9. The van der Waals surface area contributed by atoms with Crippen molar-refractivity contribution in [1.82, 2.24) is 4.72 Å². The van der Waals surface area contributed by atoms with E-state index in [1.54, 1.807) is 0 Å². The number of methoxy groups -OCH3 is 1. The largest absolute Gasteiger partial charge is 0.465 e. The molecule has 1 saturated heterocycles. The minimum absolute atomic E-state index is 0.0106. The molecule has 1 heterocycles. The molecule has 1 aliphatic heterocycles. The maximum Gasteiger partial charge on any atom is 0.337 e. The number of halogens is 1. The Morgan fingerprint density at radius 1 is 1.57 bits per heavy atom. The highest BCUT2D eigenvalue weighted by Gasteiger charge is 2.30. The summed E-state index contributed by atoms with van der Waals surface area (Å²) >= 11 is 5.97. The van der Waals surface area contributed by atoms with Crippen LogP contribution >= 0.6 is 11.6 Å². The monoisotopic (exact) mass is 357 g/mol. The maximum absolute atomic E-state index is 12.6. The lowest BCUT2D eigenvalue weighted by Crippen LogP contribution is -2.39. The van der Waals surface area contributed by atoms with E-state index in [-0.39, 0.29) is 21.4 Å². The van der Waals surface area contributed by atoms with Crippen molar-refractivity contribution in [3.8, 4) is 12.3 Å². The zero-order valence-electron chi connectivity index (χ0n) is 12.4. The zero-order chi connectivity index (χ0) is 17.0. The van der Waals surface area contributed by atoms with Gasteiger partial charge in [-0.05, 0) is 24.6 Å². The lowest BCUT2D eigenvalue weighted by atomic mass is 10.0. The van der Waals surface area contributed by atoms with Crippen molar-refractivity contribution in [2.45, 2.75) is 17.4 Å². The first-order valence-corrected chi connectivity index (χ1v) is 8.69. The van der Waals surface area contributed by atoms with Crippen molar-refractivity contribution < 1.29 is 22.7 Å². The van der Waals surface area contributed by atoms with Gasteiger partial charge in [-0.2, -0.15) is 4.72 Å². The Kier molecular flexibility index (Phi) is 5.65. The Hall–Kier alpha value is -1.59. The summed E-state index contributed by atoms with van der Waals surface area (Å²) < 4.78 is 37.4. The van der Waals surface area contributed by atoms with Gasteiger partial charge in [0.15, 0.2) is 0 Å². The molecule has 2 atom stereocenters. The number of carbonyl (C=O) groups excluding carboxylic acids is 1. The van der Waals surface area contributed by atoms with E-state index in [1.807, 2.05) is 0 Å². The molecule has 1 aromatic rings. The van der Waals surface area contributed by atoms with E-state index >= 15 is 0 Å². The highest BCUT2D eigenvalue weighted by atomic mass is 35.5. The van der Waals surface area contributed by atoms with Gasteiger partial charge in [0, 0.05) is 12.5 Å². The highest BCUT2D eigenvalue weighted by molar-refractivity contribution is 7.89. The minimum Gasteiger partial charge on any atom is -0.465 e. The van der Waals surface area contributed by atoms with Gasteiger partial charge in [-0.25, -0.2) is 13.2 Å². The van der Waals surface area contributed by atoms with Crippen LogP contribution < -0.4 is 4.72 Å². The number of hydrogen-bond acceptors (Lipinski definition) is 5. The molecule has 0 spiro atoms. The Balaban J connectivity index is 2.31. The molecule has 6 nitrogen and oxygen atoms in total. The second-order valence-corrected chi connectivity index (χ2v) is 7.12. The maximum atomic E-state index is 12.6. The smallest absolute Gasteiger partial charge is 0.337 e. The molecule has 0 bridgehead atoms. The molecule has 124 valence electrons. The van der Waals surface area contributed by atoms with Crippen LogP contribution in [-0.2, 0) is 19.5 Å². The average Bonchev–Trinajstić information content (AvgIpc) is 3.06. The second-order valence-electron chi connectivity index (χ2n) is 5.03. The topological polar surface area (TPSA) is 81.7 Å². The fraction of sp³-hybridized carbons (Fsp3) is 0.400. The number of ether oxygens (including phenoxy) is 2. The molecule has 0 saturated carbocycles. The number of hydrogen-bond donors (Lipinski definition) is 1. The summed E-state index contributed by atoms with van der Waals surface area (Å²) in [5.41, 5.74) is 0.0822. The lowest BCUT2D eigenvalue weighted by molar-refractivity contribution is 0.0600.